The third-order valence-corrected chi connectivity index (χ3v) is 3.36. The van der Waals surface area contributed by atoms with Crippen LogP contribution in [0.2, 0.25) is 0 Å². The van der Waals surface area contributed by atoms with E-state index in [-0.39, 0.29) is 11.7 Å². The molecule has 0 atom stereocenters. The monoisotopic (exact) mass is 260 g/mol. The molecule has 4 heteroatoms. The van der Waals surface area contributed by atoms with Gasteiger partial charge in [0.2, 0.25) is 5.91 Å². The molecule has 0 radical (unpaired) electrons. The number of nitrogens with two attached hydrogens (primary N) is 1. The van der Waals surface area contributed by atoms with E-state index in [9.17, 15) is 9.59 Å². The number of hydrogen-bond donors (Lipinski definition) is 1. The summed E-state index contributed by atoms with van der Waals surface area (Å²) in [5.74, 6) is 0.171. The highest BCUT2D eigenvalue weighted by Gasteiger charge is 2.23. The fourth-order valence-electron chi connectivity index (χ4n) is 2.35. The Morgan fingerprint density at radius 3 is 2.68 bits per heavy atom. The van der Waals surface area contributed by atoms with Crippen LogP contribution in [0, 0.1) is 0 Å². The van der Waals surface area contributed by atoms with Crippen LogP contribution in [-0.2, 0) is 11.2 Å². The fraction of sp³-hybridized carbons (Fsp3) is 0.467. The van der Waals surface area contributed by atoms with Crippen molar-refractivity contribution in [3.05, 3.63) is 29.3 Å². The van der Waals surface area contributed by atoms with Gasteiger partial charge >= 0.3 is 0 Å². The van der Waals surface area contributed by atoms with Crippen molar-refractivity contribution in [3.63, 3.8) is 0 Å². The van der Waals surface area contributed by atoms with Crippen LogP contribution in [0.4, 0.5) is 5.69 Å². The largest absolute Gasteiger partial charge is 0.325 e. The average molecular weight is 260 g/mol. The Balaban J connectivity index is 2.27. The maximum absolute atomic E-state index is 12.1. The van der Waals surface area contributed by atoms with Crippen molar-refractivity contribution in [2.24, 2.45) is 5.73 Å². The van der Waals surface area contributed by atoms with Crippen LogP contribution >= 0.6 is 0 Å². The van der Waals surface area contributed by atoms with Crippen LogP contribution in [0.25, 0.3) is 0 Å². The van der Waals surface area contributed by atoms with E-state index in [1.54, 1.807) is 18.0 Å². The number of amides is 1. The number of fused-ring (bicyclic) bond motifs is 1. The molecule has 0 bridgehead atoms. The summed E-state index contributed by atoms with van der Waals surface area (Å²) in [5.41, 5.74) is 8.02. The predicted molar refractivity (Wildman–Crippen MR) is 75.4 cm³/mol. The zero-order valence-electron chi connectivity index (χ0n) is 11.7. The summed E-state index contributed by atoms with van der Waals surface area (Å²) in [4.78, 5) is 25.4. The molecule has 1 aromatic rings. The molecule has 4 nitrogen and oxygen atoms in total. The van der Waals surface area contributed by atoms with Gasteiger partial charge in [0, 0.05) is 36.7 Å². The lowest BCUT2D eigenvalue weighted by molar-refractivity contribution is -0.118. The van der Waals surface area contributed by atoms with E-state index in [1.165, 1.54) is 0 Å². The summed E-state index contributed by atoms with van der Waals surface area (Å²) in [6.07, 6.45) is 1.52. The van der Waals surface area contributed by atoms with E-state index in [0.717, 1.165) is 11.3 Å². The number of rotatable bonds is 3. The van der Waals surface area contributed by atoms with Gasteiger partial charge in [-0.3, -0.25) is 9.59 Å². The normalized spacial score (nSPS) is 15.4. The highest BCUT2D eigenvalue weighted by molar-refractivity contribution is 6.00. The molecular formula is C15H20N2O2. The molecular weight excluding hydrogens is 240 g/mol. The molecule has 0 saturated carbocycles. The number of ketones is 1. The third kappa shape index (κ3) is 3.01. The van der Waals surface area contributed by atoms with Crippen LogP contribution in [0.1, 0.15) is 42.6 Å². The van der Waals surface area contributed by atoms with Gasteiger partial charge in [-0.15, -0.1) is 0 Å². The van der Waals surface area contributed by atoms with E-state index in [0.29, 0.717) is 24.8 Å². The zero-order valence-corrected chi connectivity index (χ0v) is 11.7. The second-order valence-corrected chi connectivity index (χ2v) is 5.88. The van der Waals surface area contributed by atoms with Crippen molar-refractivity contribution in [2.45, 2.75) is 38.6 Å². The first-order valence-corrected chi connectivity index (χ1v) is 6.49. The molecule has 0 spiro atoms. The molecule has 0 fully saturated rings. The Morgan fingerprint density at radius 1 is 1.37 bits per heavy atom. The van der Waals surface area contributed by atoms with Gasteiger partial charge in [0.15, 0.2) is 5.78 Å². The highest BCUT2D eigenvalue weighted by atomic mass is 16.2. The Kier molecular flexibility index (Phi) is 3.45. The Labute approximate surface area is 113 Å². The molecule has 0 saturated heterocycles. The van der Waals surface area contributed by atoms with Crippen molar-refractivity contribution >= 4 is 17.4 Å². The summed E-state index contributed by atoms with van der Waals surface area (Å²) in [6.45, 7) is 3.69. The van der Waals surface area contributed by atoms with Crippen molar-refractivity contribution in [1.29, 1.82) is 0 Å². The predicted octanol–water partition coefficient (Wildman–Crippen LogP) is 1.91. The van der Waals surface area contributed by atoms with Crippen LogP contribution in [0.3, 0.4) is 0 Å². The molecule has 1 amide bonds. The molecule has 0 aliphatic carbocycles. The topological polar surface area (TPSA) is 63.4 Å². The van der Waals surface area contributed by atoms with Crippen LogP contribution in [0.15, 0.2) is 18.2 Å². The molecule has 19 heavy (non-hydrogen) atoms. The highest BCUT2D eigenvalue weighted by Crippen LogP contribution is 2.28. The lowest BCUT2D eigenvalue weighted by Crippen LogP contribution is -2.35. The van der Waals surface area contributed by atoms with Crippen molar-refractivity contribution in [3.8, 4) is 0 Å². The van der Waals surface area contributed by atoms with E-state index < -0.39 is 5.54 Å². The molecule has 0 unspecified atom stereocenters. The van der Waals surface area contributed by atoms with E-state index in [4.69, 9.17) is 5.73 Å². The van der Waals surface area contributed by atoms with E-state index in [2.05, 4.69) is 0 Å². The van der Waals surface area contributed by atoms with E-state index >= 15 is 0 Å². The minimum absolute atomic E-state index is 0.0508. The molecule has 102 valence electrons. The SMILES string of the molecule is CN1C(=O)CCc2cc(C(=O)CC(C)(C)N)ccc21. The zero-order chi connectivity index (χ0) is 14.2. The van der Waals surface area contributed by atoms with Crippen molar-refractivity contribution < 1.29 is 9.59 Å². The lowest BCUT2D eigenvalue weighted by Gasteiger charge is -2.26. The standard InChI is InChI=1S/C15H20N2O2/c1-15(2,16)9-13(18)11-4-6-12-10(8-11)5-7-14(19)17(12)3/h4,6,8H,5,7,9,16H2,1-3H3. The van der Waals surface area contributed by atoms with Gasteiger partial charge in [-0.05, 0) is 44.0 Å². The molecule has 2 rings (SSSR count). The first-order valence-electron chi connectivity index (χ1n) is 6.49. The maximum atomic E-state index is 12.1. The van der Waals surface area contributed by atoms with Gasteiger partial charge in [-0.25, -0.2) is 0 Å². The maximum Gasteiger partial charge on any atom is 0.227 e. The summed E-state index contributed by atoms with van der Waals surface area (Å²) in [5, 5.41) is 0. The van der Waals surface area contributed by atoms with Crippen molar-refractivity contribution in [1.82, 2.24) is 0 Å². The average Bonchev–Trinajstić information content (AvgIpc) is 2.31. The quantitative estimate of drug-likeness (QED) is 0.844. The summed E-state index contributed by atoms with van der Waals surface area (Å²) >= 11 is 0. The first kappa shape index (κ1) is 13.7. The molecule has 1 aromatic carbocycles. The van der Waals surface area contributed by atoms with E-state index in [1.807, 2.05) is 26.0 Å². The smallest absolute Gasteiger partial charge is 0.227 e. The third-order valence-electron chi connectivity index (χ3n) is 3.36. The fourth-order valence-corrected chi connectivity index (χ4v) is 2.35. The Morgan fingerprint density at radius 2 is 2.05 bits per heavy atom. The summed E-state index contributed by atoms with van der Waals surface area (Å²) in [7, 11) is 1.77. The number of carbonyl (C=O) groups excluding carboxylic acids is 2. The number of anilines is 1. The number of carbonyl (C=O) groups is 2. The number of nitrogens with zero attached hydrogens (tertiary/aromatic N) is 1. The van der Waals surface area contributed by atoms with Gasteiger partial charge in [-0.2, -0.15) is 0 Å². The number of Topliss-reactive ketones (excluding diaryl/α,β-unsaturated/α-hetero) is 1. The van der Waals surface area contributed by atoms with Crippen LogP contribution in [-0.4, -0.2) is 24.3 Å². The second kappa shape index (κ2) is 4.78. The number of aryl methyl sites for hydroxylation is 1. The van der Waals surface area contributed by atoms with Gasteiger partial charge in [0.1, 0.15) is 0 Å². The first-order chi connectivity index (χ1) is 8.78. The van der Waals surface area contributed by atoms with Gasteiger partial charge in [0.25, 0.3) is 0 Å². The second-order valence-electron chi connectivity index (χ2n) is 5.88. The molecule has 1 aliphatic rings. The van der Waals surface area contributed by atoms with Crippen LogP contribution in [0.5, 0.6) is 0 Å². The van der Waals surface area contributed by atoms with Gasteiger partial charge < -0.3 is 10.6 Å². The molecule has 2 N–H and O–H groups in total. The molecule has 1 heterocycles. The summed E-state index contributed by atoms with van der Waals surface area (Å²) < 4.78 is 0. The Bertz CT molecular complexity index is 529. The number of hydrogen-bond acceptors (Lipinski definition) is 3. The minimum atomic E-state index is -0.500. The number of benzene rings is 1. The molecule has 1 aliphatic heterocycles. The summed E-state index contributed by atoms with van der Waals surface area (Å²) in [6, 6.07) is 5.53. The molecule has 0 aromatic heterocycles. The van der Waals surface area contributed by atoms with Crippen LogP contribution < -0.4 is 10.6 Å². The van der Waals surface area contributed by atoms with Gasteiger partial charge in [0.05, 0.1) is 0 Å². The minimum Gasteiger partial charge on any atom is -0.325 e. The Hall–Kier alpha value is -1.68. The van der Waals surface area contributed by atoms with Gasteiger partial charge in [-0.1, -0.05) is 0 Å². The van der Waals surface area contributed by atoms with Crippen molar-refractivity contribution in [2.75, 3.05) is 11.9 Å². The lowest BCUT2D eigenvalue weighted by atomic mass is 9.92.